The first-order valence-corrected chi connectivity index (χ1v) is 18.5. The normalized spacial score (nSPS) is 15.7. The van der Waals surface area contributed by atoms with Gasteiger partial charge in [0.1, 0.15) is 6.54 Å². The highest BCUT2D eigenvalue weighted by Crippen LogP contribution is 2.39. The van der Waals surface area contributed by atoms with Crippen LogP contribution in [0.1, 0.15) is 11.1 Å². The van der Waals surface area contributed by atoms with Gasteiger partial charge in [0.05, 0.1) is 28.1 Å². The van der Waals surface area contributed by atoms with E-state index >= 15 is 0 Å². The van der Waals surface area contributed by atoms with Gasteiger partial charge < -0.3 is 20.9 Å². The predicted molar refractivity (Wildman–Crippen MR) is 187 cm³/mol. The predicted octanol–water partition coefficient (Wildman–Crippen LogP) is 3.62. The minimum absolute atomic E-state index is 0.0212. The van der Waals surface area contributed by atoms with Crippen molar-refractivity contribution in [2.45, 2.75) is 4.90 Å². The summed E-state index contributed by atoms with van der Waals surface area (Å²) in [6.45, 7) is 1.98. The van der Waals surface area contributed by atoms with E-state index < -0.39 is 26.0 Å². The number of rotatable bonds is 10. The summed E-state index contributed by atoms with van der Waals surface area (Å²) in [5, 5.41) is 9.31. The minimum atomic E-state index is -3.98. The molecule has 2 heterocycles. The average Bonchev–Trinajstić information content (AvgIpc) is 3.41. The maximum Gasteiger partial charge on any atom is 0.261 e. The fraction of sp³-hybridized carbons (Fsp3) is 0.176. The molecule has 0 unspecified atom stereocenters. The van der Waals surface area contributed by atoms with Gasteiger partial charge in [0.25, 0.3) is 15.9 Å². The first-order valence-electron chi connectivity index (χ1n) is 15.2. The molecule has 0 spiro atoms. The number of hydrogen-bond donors (Lipinski definition) is 4. The van der Waals surface area contributed by atoms with Crippen molar-refractivity contribution >= 4 is 65.9 Å². The molecule has 1 fully saturated rings. The Morgan fingerprint density at radius 2 is 1.48 bits per heavy atom. The Bertz CT molecular complexity index is 2080. The van der Waals surface area contributed by atoms with Crippen LogP contribution in [0.15, 0.2) is 108 Å². The number of piperazine rings is 1. The molecule has 12 nitrogen and oxygen atoms in total. The van der Waals surface area contributed by atoms with E-state index in [1.807, 2.05) is 30.3 Å². The van der Waals surface area contributed by atoms with Crippen LogP contribution in [0.4, 0.5) is 22.7 Å². The van der Waals surface area contributed by atoms with Crippen molar-refractivity contribution in [1.82, 2.24) is 10.2 Å². The average molecular weight is 687 g/mol. The summed E-state index contributed by atoms with van der Waals surface area (Å²) in [4.78, 5) is 28.1. The molecule has 1 saturated heterocycles. The van der Waals surface area contributed by atoms with Crippen LogP contribution in [0, 0.1) is 0 Å². The van der Waals surface area contributed by atoms with Crippen LogP contribution in [0.5, 0.6) is 0 Å². The number of anilines is 4. The molecule has 48 heavy (non-hydrogen) atoms. The molecule has 4 aromatic rings. The van der Waals surface area contributed by atoms with Gasteiger partial charge in [-0.25, -0.2) is 16.8 Å². The summed E-state index contributed by atoms with van der Waals surface area (Å²) in [5.74, 6) is -0.709. The van der Waals surface area contributed by atoms with E-state index in [0.717, 1.165) is 10.6 Å². The number of benzene rings is 4. The Morgan fingerprint density at radius 1 is 0.833 bits per heavy atom. The molecule has 0 atom stereocenters. The summed E-state index contributed by atoms with van der Waals surface area (Å²) in [6.07, 6.45) is 1.06. The van der Waals surface area contributed by atoms with Crippen molar-refractivity contribution in [2.24, 2.45) is 0 Å². The van der Waals surface area contributed by atoms with E-state index in [2.05, 4.69) is 20.7 Å². The summed E-state index contributed by atoms with van der Waals surface area (Å²) in [6, 6.07) is 28.6. The van der Waals surface area contributed by atoms with Crippen LogP contribution in [0.3, 0.4) is 0 Å². The van der Waals surface area contributed by atoms with E-state index in [4.69, 9.17) is 0 Å². The molecular formula is C34H34N6O6S2. The van der Waals surface area contributed by atoms with E-state index in [-0.39, 0.29) is 22.9 Å². The van der Waals surface area contributed by atoms with Crippen molar-refractivity contribution < 1.29 is 26.4 Å². The van der Waals surface area contributed by atoms with Crippen LogP contribution >= 0.6 is 0 Å². The highest BCUT2D eigenvalue weighted by molar-refractivity contribution is 7.92. The lowest BCUT2D eigenvalue weighted by atomic mass is 10.00. The molecule has 248 valence electrons. The summed E-state index contributed by atoms with van der Waals surface area (Å²) in [5.41, 5.74) is 3.41. The summed E-state index contributed by atoms with van der Waals surface area (Å²) < 4.78 is 55.8. The molecule has 4 N–H and O–H groups in total. The van der Waals surface area contributed by atoms with E-state index in [1.165, 1.54) is 12.1 Å². The molecule has 0 bridgehead atoms. The van der Waals surface area contributed by atoms with Crippen molar-refractivity contribution in [2.75, 3.05) is 58.6 Å². The number of para-hydroxylation sites is 1. The maximum atomic E-state index is 13.5. The standard InChI is InChI=1S/C34H34N6O6S2/c1-47(43,44)40(23-31(41)39-20-18-35-19-21-39)27-14-12-25(13-15-27)36-33(24-8-4-2-5-9-24)32-29-22-28(16-17-30(29)37-34(32)42)48(45,46)38-26-10-6-3-7-11-26/h2-17,22,35-36,38H,18-21,23H2,1H3,(H,37,42)/b33-32-. The van der Waals surface area contributed by atoms with Gasteiger partial charge >= 0.3 is 0 Å². The number of amides is 2. The fourth-order valence-corrected chi connectivity index (χ4v) is 7.49. The van der Waals surface area contributed by atoms with Crippen molar-refractivity contribution in [3.8, 4) is 0 Å². The van der Waals surface area contributed by atoms with E-state index in [0.29, 0.717) is 65.8 Å². The van der Waals surface area contributed by atoms with Gasteiger partial charge in [-0.15, -0.1) is 0 Å². The van der Waals surface area contributed by atoms with Gasteiger partial charge in [-0.1, -0.05) is 48.5 Å². The molecule has 4 aromatic carbocycles. The van der Waals surface area contributed by atoms with Crippen molar-refractivity contribution in [3.05, 3.63) is 114 Å². The van der Waals surface area contributed by atoms with Gasteiger partial charge in [-0.05, 0) is 60.2 Å². The molecule has 2 aliphatic rings. The fourth-order valence-electron chi connectivity index (χ4n) is 5.56. The van der Waals surface area contributed by atoms with E-state index in [9.17, 15) is 26.4 Å². The lowest BCUT2D eigenvalue weighted by Crippen LogP contribution is -2.50. The SMILES string of the molecule is CS(=O)(=O)N(CC(=O)N1CCNCC1)c1ccc(N/C(=C2\C(=O)Nc3ccc(S(=O)(=O)Nc4ccccc4)cc32)c2ccccc2)cc1. The zero-order valence-corrected chi connectivity index (χ0v) is 27.6. The molecule has 14 heteroatoms. The van der Waals surface area contributed by atoms with Gasteiger partial charge in [0.15, 0.2) is 0 Å². The second-order valence-electron chi connectivity index (χ2n) is 11.3. The summed E-state index contributed by atoms with van der Waals surface area (Å²) in [7, 11) is -7.77. The zero-order chi connectivity index (χ0) is 33.9. The van der Waals surface area contributed by atoms with E-state index in [1.54, 1.807) is 65.6 Å². The lowest BCUT2D eigenvalue weighted by Gasteiger charge is -2.30. The molecular weight excluding hydrogens is 653 g/mol. The molecule has 0 aromatic heterocycles. The number of carbonyl (C=O) groups is 2. The molecule has 6 rings (SSSR count). The van der Waals surface area contributed by atoms with Crippen LogP contribution < -0.4 is 25.0 Å². The van der Waals surface area contributed by atoms with Gasteiger partial charge in [-0.2, -0.15) is 0 Å². The number of hydrogen-bond acceptors (Lipinski definition) is 8. The molecule has 0 saturated carbocycles. The number of sulfonamides is 2. The Kier molecular flexibility index (Phi) is 9.22. The van der Waals surface area contributed by atoms with Gasteiger partial charge in [-0.3, -0.25) is 18.6 Å². The topological polar surface area (TPSA) is 157 Å². The number of nitrogens with one attached hydrogen (secondary N) is 4. The minimum Gasteiger partial charge on any atom is -0.354 e. The van der Waals surface area contributed by atoms with Gasteiger partial charge in [0, 0.05) is 48.8 Å². The van der Waals surface area contributed by atoms with Crippen molar-refractivity contribution in [3.63, 3.8) is 0 Å². The highest BCUT2D eigenvalue weighted by Gasteiger charge is 2.31. The smallest absolute Gasteiger partial charge is 0.261 e. The first-order chi connectivity index (χ1) is 23.0. The van der Waals surface area contributed by atoms with Crippen molar-refractivity contribution in [1.29, 1.82) is 0 Å². The molecule has 2 aliphatic heterocycles. The Hall–Kier alpha value is -5.18. The number of nitrogens with zero attached hydrogens (tertiary/aromatic N) is 2. The zero-order valence-electron chi connectivity index (χ0n) is 26.0. The second-order valence-corrected chi connectivity index (χ2v) is 14.9. The Morgan fingerprint density at radius 3 is 2.12 bits per heavy atom. The quantitative estimate of drug-likeness (QED) is 0.184. The third-order valence-electron chi connectivity index (χ3n) is 7.96. The Balaban J connectivity index is 1.34. The summed E-state index contributed by atoms with van der Waals surface area (Å²) >= 11 is 0. The number of carbonyl (C=O) groups excluding carboxylic acids is 2. The van der Waals surface area contributed by atoms with Gasteiger partial charge in [0.2, 0.25) is 15.9 Å². The van der Waals surface area contributed by atoms with Crippen LogP contribution in [-0.4, -0.2) is 72.5 Å². The largest absolute Gasteiger partial charge is 0.354 e. The highest BCUT2D eigenvalue weighted by atomic mass is 32.2. The lowest BCUT2D eigenvalue weighted by molar-refractivity contribution is -0.130. The maximum absolute atomic E-state index is 13.5. The third kappa shape index (κ3) is 7.20. The van der Waals surface area contributed by atoms with Crippen LogP contribution in [0.2, 0.25) is 0 Å². The second kappa shape index (κ2) is 13.5. The van der Waals surface area contributed by atoms with Crippen LogP contribution in [-0.2, 0) is 29.6 Å². The molecule has 0 aliphatic carbocycles. The molecule has 2 amide bonds. The van der Waals surface area contributed by atoms with Crippen LogP contribution in [0.25, 0.3) is 11.3 Å². The monoisotopic (exact) mass is 686 g/mol. The third-order valence-corrected chi connectivity index (χ3v) is 10.5. The molecule has 0 radical (unpaired) electrons. The number of fused-ring (bicyclic) bond motifs is 1. The first kappa shape index (κ1) is 32.7. The Labute approximate surface area is 279 Å².